The molecule has 1 aromatic rings. The molecule has 0 fully saturated rings. The third-order valence-electron chi connectivity index (χ3n) is 3.79. The molecule has 0 N–H and O–H groups in total. The van der Waals surface area contributed by atoms with Crippen molar-refractivity contribution in [2.75, 3.05) is 0 Å². The van der Waals surface area contributed by atoms with Gasteiger partial charge in [-0.25, -0.2) is 0 Å². The van der Waals surface area contributed by atoms with Crippen molar-refractivity contribution in [3.63, 3.8) is 0 Å². The molecule has 98 valence electrons. The highest BCUT2D eigenvalue weighted by atomic mass is 14.2. The first-order valence-electron chi connectivity index (χ1n) is 6.92. The van der Waals surface area contributed by atoms with Crippen LogP contribution in [0, 0.1) is 19.8 Å². The molecule has 1 atom stereocenters. The van der Waals surface area contributed by atoms with Gasteiger partial charge in [-0.05, 0) is 56.7 Å². The standard InChI is InChI=1S/C18H26/c1-7-9-17(16(6)14(4)8-2)18-12-13(3)10-11-15(18)5/h7,9-12,14H,8H2,1-6H3/b9-7-,17-16-. The summed E-state index contributed by atoms with van der Waals surface area (Å²) in [5, 5.41) is 0. The molecule has 0 heteroatoms. The Morgan fingerprint density at radius 2 is 1.94 bits per heavy atom. The third kappa shape index (κ3) is 3.35. The van der Waals surface area contributed by atoms with Crippen LogP contribution >= 0.6 is 0 Å². The lowest BCUT2D eigenvalue weighted by atomic mass is 9.88. The van der Waals surface area contributed by atoms with Crippen molar-refractivity contribution in [2.45, 2.75) is 48.0 Å². The minimum Gasteiger partial charge on any atom is -0.0870 e. The smallest absolute Gasteiger partial charge is 0.0153 e. The molecule has 0 amide bonds. The highest BCUT2D eigenvalue weighted by Crippen LogP contribution is 2.29. The second-order valence-electron chi connectivity index (χ2n) is 5.22. The maximum Gasteiger partial charge on any atom is -0.0153 e. The number of hydrogen-bond acceptors (Lipinski definition) is 0. The lowest BCUT2D eigenvalue weighted by molar-refractivity contribution is 0.658. The summed E-state index contributed by atoms with van der Waals surface area (Å²) in [5.41, 5.74) is 6.95. The van der Waals surface area contributed by atoms with Crippen molar-refractivity contribution < 1.29 is 0 Å². The molecule has 0 aromatic heterocycles. The average Bonchev–Trinajstić information content (AvgIpc) is 2.37. The molecule has 1 aromatic carbocycles. The van der Waals surface area contributed by atoms with E-state index in [1.54, 1.807) is 0 Å². The van der Waals surface area contributed by atoms with Gasteiger partial charge in [-0.1, -0.05) is 55.3 Å². The summed E-state index contributed by atoms with van der Waals surface area (Å²) in [7, 11) is 0. The Hall–Kier alpha value is -1.30. The minimum absolute atomic E-state index is 0.635. The molecule has 0 spiro atoms. The van der Waals surface area contributed by atoms with Crippen LogP contribution < -0.4 is 0 Å². The Morgan fingerprint density at radius 1 is 1.28 bits per heavy atom. The molecule has 0 heterocycles. The van der Waals surface area contributed by atoms with Gasteiger partial charge in [0.25, 0.3) is 0 Å². The van der Waals surface area contributed by atoms with Crippen molar-refractivity contribution in [1.29, 1.82) is 0 Å². The topological polar surface area (TPSA) is 0 Å². The predicted octanol–water partition coefficient (Wildman–Crippen LogP) is 5.70. The van der Waals surface area contributed by atoms with E-state index in [9.17, 15) is 0 Å². The average molecular weight is 242 g/mol. The summed E-state index contributed by atoms with van der Waals surface area (Å²) in [5.74, 6) is 0.635. The van der Waals surface area contributed by atoms with Crippen LogP contribution in [0.5, 0.6) is 0 Å². The van der Waals surface area contributed by atoms with Crippen LogP contribution in [0.3, 0.4) is 0 Å². The van der Waals surface area contributed by atoms with E-state index in [-0.39, 0.29) is 0 Å². The van der Waals surface area contributed by atoms with Crippen LogP contribution in [0.15, 0.2) is 35.9 Å². The number of rotatable bonds is 4. The van der Waals surface area contributed by atoms with E-state index in [1.807, 2.05) is 0 Å². The normalized spacial score (nSPS) is 14.8. The van der Waals surface area contributed by atoms with E-state index in [0.29, 0.717) is 5.92 Å². The molecule has 0 saturated carbocycles. The van der Waals surface area contributed by atoms with Gasteiger partial charge in [0.05, 0.1) is 0 Å². The summed E-state index contributed by atoms with van der Waals surface area (Å²) in [6.45, 7) is 13.3. The largest absolute Gasteiger partial charge is 0.0870 e. The van der Waals surface area contributed by atoms with Crippen LogP contribution in [0.25, 0.3) is 5.57 Å². The number of allylic oxidation sites excluding steroid dienone is 4. The molecule has 1 unspecified atom stereocenters. The third-order valence-corrected chi connectivity index (χ3v) is 3.79. The Balaban J connectivity index is 3.41. The maximum atomic E-state index is 2.31. The molecule has 0 bridgehead atoms. The van der Waals surface area contributed by atoms with E-state index in [2.05, 4.69) is 71.9 Å². The first-order chi connectivity index (χ1) is 8.51. The molecule has 0 saturated heterocycles. The second-order valence-corrected chi connectivity index (χ2v) is 5.22. The van der Waals surface area contributed by atoms with Gasteiger partial charge in [0.1, 0.15) is 0 Å². The van der Waals surface area contributed by atoms with E-state index in [0.717, 1.165) is 0 Å². The molecule has 0 radical (unpaired) electrons. The van der Waals surface area contributed by atoms with Crippen molar-refractivity contribution in [2.24, 2.45) is 5.92 Å². The summed E-state index contributed by atoms with van der Waals surface area (Å²) in [4.78, 5) is 0. The lowest BCUT2D eigenvalue weighted by Gasteiger charge is -2.17. The number of aryl methyl sites for hydroxylation is 2. The zero-order valence-corrected chi connectivity index (χ0v) is 12.7. The van der Waals surface area contributed by atoms with Gasteiger partial charge in [-0.2, -0.15) is 0 Å². The summed E-state index contributed by atoms with van der Waals surface area (Å²) in [6.07, 6.45) is 5.59. The Bertz CT molecular complexity index is 461. The van der Waals surface area contributed by atoms with Gasteiger partial charge < -0.3 is 0 Å². The molecule has 1 rings (SSSR count). The number of benzene rings is 1. The zero-order valence-electron chi connectivity index (χ0n) is 12.7. The van der Waals surface area contributed by atoms with Crippen LogP contribution in [0.2, 0.25) is 0 Å². The van der Waals surface area contributed by atoms with Gasteiger partial charge >= 0.3 is 0 Å². The van der Waals surface area contributed by atoms with Crippen LogP contribution in [0.1, 0.15) is 50.8 Å². The SMILES string of the molecule is C/C=C\C(=C(/C)C(C)CC)c1cc(C)ccc1C. The van der Waals surface area contributed by atoms with E-state index in [1.165, 1.54) is 34.3 Å². The fourth-order valence-electron chi connectivity index (χ4n) is 2.20. The van der Waals surface area contributed by atoms with E-state index in [4.69, 9.17) is 0 Å². The van der Waals surface area contributed by atoms with Crippen molar-refractivity contribution in [3.8, 4) is 0 Å². The first-order valence-corrected chi connectivity index (χ1v) is 6.92. The van der Waals surface area contributed by atoms with Crippen LogP contribution in [-0.4, -0.2) is 0 Å². The maximum absolute atomic E-state index is 2.31. The Morgan fingerprint density at radius 3 is 2.50 bits per heavy atom. The van der Waals surface area contributed by atoms with Gasteiger partial charge in [0, 0.05) is 0 Å². The molecular formula is C18H26. The number of hydrogen-bond donors (Lipinski definition) is 0. The quantitative estimate of drug-likeness (QED) is 0.594. The molecular weight excluding hydrogens is 216 g/mol. The monoisotopic (exact) mass is 242 g/mol. The van der Waals surface area contributed by atoms with Gasteiger partial charge in [-0.15, -0.1) is 0 Å². The molecule has 0 aliphatic rings. The predicted molar refractivity (Wildman–Crippen MR) is 82.8 cm³/mol. The molecule has 18 heavy (non-hydrogen) atoms. The highest BCUT2D eigenvalue weighted by molar-refractivity contribution is 5.78. The van der Waals surface area contributed by atoms with E-state index < -0.39 is 0 Å². The first kappa shape index (κ1) is 14.8. The van der Waals surface area contributed by atoms with E-state index >= 15 is 0 Å². The van der Waals surface area contributed by atoms with Crippen LogP contribution in [-0.2, 0) is 0 Å². The van der Waals surface area contributed by atoms with Crippen molar-refractivity contribution in [3.05, 3.63) is 52.6 Å². The Kier molecular flexibility index (Phi) is 5.40. The van der Waals surface area contributed by atoms with Gasteiger partial charge in [0.15, 0.2) is 0 Å². The fourth-order valence-corrected chi connectivity index (χ4v) is 2.20. The Labute approximate surface area is 112 Å². The molecule has 0 aliphatic heterocycles. The van der Waals surface area contributed by atoms with Crippen molar-refractivity contribution >= 4 is 5.57 Å². The lowest BCUT2D eigenvalue weighted by Crippen LogP contribution is -1.99. The molecule has 0 nitrogen and oxygen atoms in total. The minimum atomic E-state index is 0.635. The summed E-state index contributed by atoms with van der Waals surface area (Å²) >= 11 is 0. The highest BCUT2D eigenvalue weighted by Gasteiger charge is 2.10. The second kappa shape index (κ2) is 6.58. The van der Waals surface area contributed by atoms with Gasteiger partial charge in [0.2, 0.25) is 0 Å². The van der Waals surface area contributed by atoms with Crippen LogP contribution in [0.4, 0.5) is 0 Å². The summed E-state index contributed by atoms with van der Waals surface area (Å²) < 4.78 is 0. The van der Waals surface area contributed by atoms with Gasteiger partial charge in [-0.3, -0.25) is 0 Å². The van der Waals surface area contributed by atoms with Crippen molar-refractivity contribution in [1.82, 2.24) is 0 Å². The molecule has 0 aliphatic carbocycles. The fraction of sp³-hybridized carbons (Fsp3) is 0.444. The summed E-state index contributed by atoms with van der Waals surface area (Å²) in [6, 6.07) is 6.71. The zero-order chi connectivity index (χ0) is 13.7.